The Balaban J connectivity index is 2.26. The number of hydrogen-bond acceptors (Lipinski definition) is 4. The van der Waals surface area contributed by atoms with Gasteiger partial charge in [-0.25, -0.2) is 0 Å². The highest BCUT2D eigenvalue weighted by Gasteiger charge is 2.55. The molecule has 1 aliphatic heterocycles. The van der Waals surface area contributed by atoms with Crippen molar-refractivity contribution in [3.05, 3.63) is 0 Å². The Hall–Kier alpha value is -0.900. The van der Waals surface area contributed by atoms with E-state index in [0.717, 1.165) is 19.3 Å². The van der Waals surface area contributed by atoms with Gasteiger partial charge in [0.05, 0.1) is 19.8 Å². The maximum atomic E-state index is 12.5. The second kappa shape index (κ2) is 6.25. The van der Waals surface area contributed by atoms with E-state index in [0.29, 0.717) is 31.5 Å². The number of ether oxygens (including phenoxy) is 2. The molecule has 2 aliphatic rings. The number of ketones is 1. The van der Waals surface area contributed by atoms with Crippen molar-refractivity contribution in [3.63, 3.8) is 0 Å². The molecule has 4 unspecified atom stereocenters. The van der Waals surface area contributed by atoms with Crippen LogP contribution in [0.4, 0.5) is 0 Å². The number of esters is 1. The van der Waals surface area contributed by atoms with Gasteiger partial charge in [-0.3, -0.25) is 9.59 Å². The molecule has 4 nitrogen and oxygen atoms in total. The lowest BCUT2D eigenvalue weighted by Crippen LogP contribution is -2.54. The van der Waals surface area contributed by atoms with Gasteiger partial charge in [0.25, 0.3) is 0 Å². The molecule has 2 rings (SSSR count). The molecule has 0 N–H and O–H groups in total. The van der Waals surface area contributed by atoms with Crippen LogP contribution in [0.2, 0.25) is 0 Å². The molecule has 4 heteroatoms. The number of carbonyl (C=O) groups excluding carboxylic acids is 2. The van der Waals surface area contributed by atoms with Crippen LogP contribution in [0.1, 0.15) is 46.5 Å². The van der Waals surface area contributed by atoms with Crippen molar-refractivity contribution in [3.8, 4) is 0 Å². The van der Waals surface area contributed by atoms with Crippen LogP contribution >= 0.6 is 0 Å². The standard InChI is InChI=1S/C16H26O4/c1-4-20-15(18)16(10-19-8-7-14(16)17)13-6-5-11(2)12(3)9-13/h11-13H,4-10H2,1-3H3. The fourth-order valence-electron chi connectivity index (χ4n) is 3.64. The summed E-state index contributed by atoms with van der Waals surface area (Å²) in [6, 6.07) is 0. The van der Waals surface area contributed by atoms with Crippen LogP contribution in [0.5, 0.6) is 0 Å². The third-order valence-corrected chi connectivity index (χ3v) is 5.24. The highest BCUT2D eigenvalue weighted by Crippen LogP contribution is 2.46. The molecular formula is C16H26O4. The predicted molar refractivity (Wildman–Crippen MR) is 75.2 cm³/mol. The third-order valence-electron chi connectivity index (χ3n) is 5.24. The van der Waals surface area contributed by atoms with Gasteiger partial charge in [-0.05, 0) is 37.5 Å². The van der Waals surface area contributed by atoms with Crippen molar-refractivity contribution in [2.45, 2.75) is 46.5 Å². The van der Waals surface area contributed by atoms with Crippen molar-refractivity contribution in [2.75, 3.05) is 19.8 Å². The lowest BCUT2D eigenvalue weighted by atomic mass is 9.61. The Kier molecular flexibility index (Phi) is 4.84. The van der Waals surface area contributed by atoms with Crippen LogP contribution in [0, 0.1) is 23.2 Å². The summed E-state index contributed by atoms with van der Waals surface area (Å²) in [5.41, 5.74) is -1.04. The monoisotopic (exact) mass is 282 g/mol. The first-order valence-electron chi connectivity index (χ1n) is 7.80. The van der Waals surface area contributed by atoms with Gasteiger partial charge in [0.15, 0.2) is 11.2 Å². The molecule has 114 valence electrons. The normalized spacial score (nSPS) is 38.5. The lowest BCUT2D eigenvalue weighted by Gasteiger charge is -2.44. The van der Waals surface area contributed by atoms with Gasteiger partial charge in [-0.2, -0.15) is 0 Å². The summed E-state index contributed by atoms with van der Waals surface area (Å²) in [6.45, 7) is 7.19. The second-order valence-electron chi connectivity index (χ2n) is 6.38. The first-order chi connectivity index (χ1) is 9.52. The number of rotatable bonds is 3. The molecule has 20 heavy (non-hydrogen) atoms. The van der Waals surface area contributed by atoms with Crippen molar-refractivity contribution in [1.29, 1.82) is 0 Å². The fourth-order valence-corrected chi connectivity index (χ4v) is 3.64. The predicted octanol–water partition coefficient (Wildman–Crippen LogP) is 2.60. The minimum Gasteiger partial charge on any atom is -0.465 e. The molecule has 1 saturated carbocycles. The smallest absolute Gasteiger partial charge is 0.322 e. The Labute approximate surface area is 121 Å². The van der Waals surface area contributed by atoms with Crippen molar-refractivity contribution in [2.24, 2.45) is 23.2 Å². The molecule has 0 radical (unpaired) electrons. The minimum atomic E-state index is -1.04. The molecule has 0 amide bonds. The largest absolute Gasteiger partial charge is 0.465 e. The van der Waals surface area contributed by atoms with Crippen LogP contribution in [0.25, 0.3) is 0 Å². The summed E-state index contributed by atoms with van der Waals surface area (Å²) in [5, 5.41) is 0. The second-order valence-corrected chi connectivity index (χ2v) is 6.38. The zero-order valence-corrected chi connectivity index (χ0v) is 12.8. The Bertz CT molecular complexity index is 379. The Morgan fingerprint density at radius 1 is 1.35 bits per heavy atom. The van der Waals surface area contributed by atoms with Gasteiger partial charge in [0.2, 0.25) is 0 Å². The lowest BCUT2D eigenvalue weighted by molar-refractivity contribution is -0.177. The van der Waals surface area contributed by atoms with Crippen LogP contribution in [0.15, 0.2) is 0 Å². The molecule has 1 saturated heterocycles. The Morgan fingerprint density at radius 3 is 2.70 bits per heavy atom. The quantitative estimate of drug-likeness (QED) is 0.590. The van der Waals surface area contributed by atoms with Gasteiger partial charge in [0.1, 0.15) is 0 Å². The molecule has 0 aromatic rings. The van der Waals surface area contributed by atoms with E-state index in [1.54, 1.807) is 6.92 Å². The molecule has 4 atom stereocenters. The van der Waals surface area contributed by atoms with E-state index in [9.17, 15) is 9.59 Å². The molecule has 2 fully saturated rings. The van der Waals surface area contributed by atoms with Gasteiger partial charge >= 0.3 is 5.97 Å². The third kappa shape index (κ3) is 2.62. The van der Waals surface area contributed by atoms with Crippen LogP contribution in [0.3, 0.4) is 0 Å². The molecule has 0 aromatic heterocycles. The highest BCUT2D eigenvalue weighted by atomic mass is 16.5. The molecule has 1 aliphatic carbocycles. The topological polar surface area (TPSA) is 52.6 Å². The first kappa shape index (κ1) is 15.5. The molecule has 1 heterocycles. The maximum absolute atomic E-state index is 12.5. The summed E-state index contributed by atoms with van der Waals surface area (Å²) in [7, 11) is 0. The average Bonchev–Trinajstić information content (AvgIpc) is 2.43. The van der Waals surface area contributed by atoms with Crippen LogP contribution < -0.4 is 0 Å². The molecule has 0 bridgehead atoms. The van der Waals surface area contributed by atoms with Gasteiger partial charge in [0, 0.05) is 6.42 Å². The van der Waals surface area contributed by atoms with E-state index in [-0.39, 0.29) is 24.3 Å². The van der Waals surface area contributed by atoms with E-state index >= 15 is 0 Å². The zero-order valence-electron chi connectivity index (χ0n) is 12.8. The van der Waals surface area contributed by atoms with Crippen LogP contribution in [-0.2, 0) is 19.1 Å². The van der Waals surface area contributed by atoms with Crippen LogP contribution in [-0.4, -0.2) is 31.6 Å². The van der Waals surface area contributed by atoms with Crippen molar-refractivity contribution in [1.82, 2.24) is 0 Å². The molecule has 0 aromatic carbocycles. The maximum Gasteiger partial charge on any atom is 0.322 e. The van der Waals surface area contributed by atoms with Crippen molar-refractivity contribution >= 4 is 11.8 Å². The summed E-state index contributed by atoms with van der Waals surface area (Å²) in [4.78, 5) is 25.0. The first-order valence-corrected chi connectivity index (χ1v) is 7.80. The Morgan fingerprint density at radius 2 is 2.10 bits per heavy atom. The summed E-state index contributed by atoms with van der Waals surface area (Å²) < 4.78 is 10.7. The zero-order chi connectivity index (χ0) is 14.8. The number of Topliss-reactive ketones (excluding diaryl/α,β-unsaturated/α-hetero) is 1. The fraction of sp³-hybridized carbons (Fsp3) is 0.875. The van der Waals surface area contributed by atoms with E-state index in [2.05, 4.69) is 13.8 Å². The molecular weight excluding hydrogens is 256 g/mol. The van der Waals surface area contributed by atoms with E-state index < -0.39 is 5.41 Å². The van der Waals surface area contributed by atoms with Gasteiger partial charge in [-0.15, -0.1) is 0 Å². The van der Waals surface area contributed by atoms with E-state index in [4.69, 9.17) is 9.47 Å². The average molecular weight is 282 g/mol. The van der Waals surface area contributed by atoms with Crippen molar-refractivity contribution < 1.29 is 19.1 Å². The van der Waals surface area contributed by atoms with Gasteiger partial charge < -0.3 is 9.47 Å². The number of hydrogen-bond donors (Lipinski definition) is 0. The minimum absolute atomic E-state index is 0.0222. The van der Waals surface area contributed by atoms with E-state index in [1.165, 1.54) is 0 Å². The number of carbonyl (C=O) groups is 2. The van der Waals surface area contributed by atoms with E-state index in [1.807, 2.05) is 0 Å². The van der Waals surface area contributed by atoms with Gasteiger partial charge in [-0.1, -0.05) is 20.3 Å². The highest BCUT2D eigenvalue weighted by molar-refractivity contribution is 6.04. The summed E-state index contributed by atoms with van der Waals surface area (Å²) >= 11 is 0. The summed E-state index contributed by atoms with van der Waals surface area (Å²) in [5.74, 6) is 0.922. The summed E-state index contributed by atoms with van der Waals surface area (Å²) in [6.07, 6.45) is 3.23. The SMILES string of the molecule is CCOC(=O)C1(C2CCC(C)C(C)C2)COCCC1=O. The molecule has 0 spiro atoms.